The molecule has 0 atom stereocenters. The Morgan fingerprint density at radius 1 is 1.00 bits per heavy atom. The van der Waals surface area contributed by atoms with E-state index in [9.17, 15) is 13.2 Å². The van der Waals surface area contributed by atoms with Crippen molar-refractivity contribution in [1.29, 1.82) is 0 Å². The highest BCUT2D eigenvalue weighted by molar-refractivity contribution is 7.98. The smallest absolute Gasteiger partial charge is 0.264 e. The average molecular weight is 482 g/mol. The van der Waals surface area contributed by atoms with Crippen LogP contribution in [0, 0.1) is 0 Å². The highest BCUT2D eigenvalue weighted by Crippen LogP contribution is 2.25. The van der Waals surface area contributed by atoms with Gasteiger partial charge in [-0.2, -0.15) is 5.10 Å². The maximum absolute atomic E-state index is 13.3. The van der Waals surface area contributed by atoms with Crippen molar-refractivity contribution < 1.29 is 13.2 Å². The number of amides is 1. The largest absolute Gasteiger partial charge is 0.271 e. The number of rotatable bonds is 9. The minimum atomic E-state index is -3.95. The molecule has 1 N–H and O–H groups in total. The minimum absolute atomic E-state index is 0.114. The molecule has 0 aliphatic carbocycles. The zero-order valence-corrected chi connectivity index (χ0v) is 20.4. The van der Waals surface area contributed by atoms with Gasteiger partial charge in [-0.3, -0.25) is 9.10 Å². The lowest BCUT2D eigenvalue weighted by molar-refractivity contribution is -0.119. The van der Waals surface area contributed by atoms with Crippen molar-refractivity contribution in [2.75, 3.05) is 17.1 Å². The van der Waals surface area contributed by atoms with E-state index < -0.39 is 22.5 Å². The number of hydrazone groups is 1. The van der Waals surface area contributed by atoms with Gasteiger partial charge in [0.2, 0.25) is 0 Å². The first-order chi connectivity index (χ1) is 15.8. The maximum atomic E-state index is 13.3. The Morgan fingerprint density at radius 3 is 2.21 bits per heavy atom. The Morgan fingerprint density at radius 2 is 1.64 bits per heavy atom. The van der Waals surface area contributed by atoms with Crippen LogP contribution in [0.4, 0.5) is 5.69 Å². The number of benzene rings is 3. The fourth-order valence-corrected chi connectivity index (χ4v) is 4.95. The molecule has 3 rings (SSSR count). The predicted molar refractivity (Wildman–Crippen MR) is 135 cm³/mol. The summed E-state index contributed by atoms with van der Waals surface area (Å²) in [6, 6.07) is 23.0. The summed E-state index contributed by atoms with van der Waals surface area (Å²) in [6.07, 6.45) is 3.52. The molecule has 0 saturated heterocycles. The summed E-state index contributed by atoms with van der Waals surface area (Å²) < 4.78 is 27.8. The van der Waals surface area contributed by atoms with Gasteiger partial charge in [0.1, 0.15) is 6.54 Å². The number of anilines is 1. The molecule has 0 spiro atoms. The van der Waals surface area contributed by atoms with Crippen molar-refractivity contribution >= 4 is 39.6 Å². The maximum Gasteiger partial charge on any atom is 0.264 e. The lowest BCUT2D eigenvalue weighted by atomic mass is 10.0. The third-order valence-corrected chi connectivity index (χ3v) is 7.52. The molecule has 0 aliphatic heterocycles. The van der Waals surface area contributed by atoms with Crippen LogP contribution in [0.5, 0.6) is 0 Å². The van der Waals surface area contributed by atoms with Crippen LogP contribution in [0.15, 0.2) is 93.8 Å². The van der Waals surface area contributed by atoms with Crippen molar-refractivity contribution in [3.63, 3.8) is 0 Å². The van der Waals surface area contributed by atoms with Crippen molar-refractivity contribution in [2.45, 2.75) is 29.6 Å². The minimum Gasteiger partial charge on any atom is -0.271 e. The van der Waals surface area contributed by atoms with Crippen molar-refractivity contribution in [3.8, 4) is 0 Å². The van der Waals surface area contributed by atoms with Crippen LogP contribution >= 0.6 is 11.8 Å². The molecule has 8 heteroatoms. The molecule has 3 aromatic rings. The quantitative estimate of drug-likeness (QED) is 0.268. The molecule has 33 heavy (non-hydrogen) atoms. The van der Waals surface area contributed by atoms with Crippen molar-refractivity contribution in [2.24, 2.45) is 5.10 Å². The van der Waals surface area contributed by atoms with Crippen LogP contribution in [-0.4, -0.2) is 33.3 Å². The summed E-state index contributed by atoms with van der Waals surface area (Å²) >= 11 is 1.64. The number of hydrogen-bond donors (Lipinski definition) is 1. The summed E-state index contributed by atoms with van der Waals surface area (Å²) in [5.41, 5.74) is 4.75. The first kappa shape index (κ1) is 24.5. The fourth-order valence-electron chi connectivity index (χ4n) is 3.09. The molecule has 0 fully saturated rings. The molecule has 0 saturated carbocycles. The van der Waals surface area contributed by atoms with Gasteiger partial charge in [-0.05, 0) is 59.7 Å². The molecule has 0 aromatic heterocycles. The molecule has 0 unspecified atom stereocenters. The van der Waals surface area contributed by atoms with Crippen LogP contribution in [0.25, 0.3) is 0 Å². The summed E-state index contributed by atoms with van der Waals surface area (Å²) in [6.45, 7) is 3.72. The first-order valence-corrected chi connectivity index (χ1v) is 13.1. The Labute approximate surface area is 199 Å². The van der Waals surface area contributed by atoms with E-state index in [1.807, 2.05) is 42.7 Å². The molecule has 3 aromatic carbocycles. The van der Waals surface area contributed by atoms with Gasteiger partial charge in [-0.15, -0.1) is 11.8 Å². The highest BCUT2D eigenvalue weighted by atomic mass is 32.2. The van der Waals surface area contributed by atoms with Gasteiger partial charge in [0.05, 0.1) is 16.8 Å². The lowest BCUT2D eigenvalue weighted by Gasteiger charge is -2.24. The van der Waals surface area contributed by atoms with E-state index in [2.05, 4.69) is 24.4 Å². The summed E-state index contributed by atoms with van der Waals surface area (Å²) in [5, 5.41) is 3.98. The van der Waals surface area contributed by atoms with Crippen LogP contribution < -0.4 is 9.73 Å². The van der Waals surface area contributed by atoms with Crippen LogP contribution in [-0.2, 0) is 14.8 Å². The Balaban J connectivity index is 1.81. The first-order valence-electron chi connectivity index (χ1n) is 10.4. The normalized spacial score (nSPS) is 11.6. The van der Waals surface area contributed by atoms with E-state index in [4.69, 9.17) is 0 Å². The Kier molecular flexibility index (Phi) is 8.30. The second kappa shape index (κ2) is 11.2. The molecule has 0 aliphatic rings. The number of thioether (sulfide) groups is 1. The molecular weight excluding hydrogens is 454 g/mol. The molecular formula is C25H27N3O3S2. The molecule has 6 nitrogen and oxygen atoms in total. The zero-order valence-electron chi connectivity index (χ0n) is 18.8. The van der Waals surface area contributed by atoms with E-state index >= 15 is 0 Å². The Bertz CT molecular complexity index is 1190. The molecule has 0 bridgehead atoms. The van der Waals surface area contributed by atoms with Gasteiger partial charge in [-0.25, -0.2) is 13.8 Å². The third kappa shape index (κ3) is 6.46. The summed E-state index contributed by atoms with van der Waals surface area (Å²) in [4.78, 5) is 13.9. The van der Waals surface area contributed by atoms with E-state index in [1.54, 1.807) is 42.1 Å². The van der Waals surface area contributed by atoms with E-state index in [0.717, 1.165) is 20.3 Å². The molecule has 1 amide bonds. The topological polar surface area (TPSA) is 78.8 Å². The number of nitrogens with one attached hydrogen (secondary N) is 1. The summed E-state index contributed by atoms with van der Waals surface area (Å²) in [7, 11) is -3.95. The fraction of sp³-hybridized carbons (Fsp3) is 0.200. The van der Waals surface area contributed by atoms with Crippen molar-refractivity contribution in [1.82, 2.24) is 5.43 Å². The highest BCUT2D eigenvalue weighted by Gasteiger charge is 2.27. The van der Waals surface area contributed by atoms with E-state index in [0.29, 0.717) is 11.6 Å². The number of hydrogen-bond acceptors (Lipinski definition) is 5. The summed E-state index contributed by atoms with van der Waals surface area (Å²) in [5.74, 6) is -0.236. The zero-order chi connectivity index (χ0) is 23.8. The molecule has 0 heterocycles. The Hall–Kier alpha value is -3.10. The van der Waals surface area contributed by atoms with Gasteiger partial charge >= 0.3 is 0 Å². The van der Waals surface area contributed by atoms with Crippen LogP contribution in [0.3, 0.4) is 0 Å². The van der Waals surface area contributed by atoms with Gasteiger partial charge in [0, 0.05) is 4.90 Å². The van der Waals surface area contributed by atoms with E-state index in [-0.39, 0.29) is 4.90 Å². The second-order valence-corrected chi connectivity index (χ2v) is 10.4. The number of carbonyl (C=O) groups is 1. The third-order valence-electron chi connectivity index (χ3n) is 4.98. The predicted octanol–water partition coefficient (Wildman–Crippen LogP) is 4.88. The van der Waals surface area contributed by atoms with Gasteiger partial charge in [-0.1, -0.05) is 56.3 Å². The molecule has 0 radical (unpaired) electrons. The SMILES string of the molecule is CSc1ccc(/C=N/NC(=O)CN(c2ccc(C(C)C)cc2)S(=O)(=O)c2ccccc2)cc1. The second-order valence-electron chi connectivity index (χ2n) is 7.64. The van der Waals surface area contributed by atoms with Crippen LogP contribution in [0.1, 0.15) is 30.9 Å². The van der Waals surface area contributed by atoms with Crippen LogP contribution in [0.2, 0.25) is 0 Å². The molecule has 172 valence electrons. The standard InChI is InChI=1S/C25H27N3O3S2/c1-19(2)21-11-13-22(14-12-21)28(33(30,31)24-7-5-4-6-8-24)18-25(29)27-26-17-20-9-15-23(32-3)16-10-20/h4-17,19H,18H2,1-3H3,(H,27,29)/b26-17+. The average Bonchev–Trinajstić information content (AvgIpc) is 2.83. The number of nitrogens with zero attached hydrogens (tertiary/aromatic N) is 2. The lowest BCUT2D eigenvalue weighted by Crippen LogP contribution is -2.39. The van der Waals surface area contributed by atoms with E-state index in [1.165, 1.54) is 18.3 Å². The monoisotopic (exact) mass is 481 g/mol. The van der Waals surface area contributed by atoms with Crippen molar-refractivity contribution in [3.05, 3.63) is 90.0 Å². The van der Waals surface area contributed by atoms with Gasteiger partial charge in [0.25, 0.3) is 15.9 Å². The van der Waals surface area contributed by atoms with Gasteiger partial charge < -0.3 is 0 Å². The number of carbonyl (C=O) groups excluding carboxylic acids is 1. The van der Waals surface area contributed by atoms with Gasteiger partial charge in [0.15, 0.2) is 0 Å². The number of sulfonamides is 1.